The molecule has 234 valence electrons. The van der Waals surface area contributed by atoms with E-state index in [0.717, 1.165) is 11.9 Å². The summed E-state index contributed by atoms with van der Waals surface area (Å²) in [5.41, 5.74) is 0.856. The average molecular weight is 582 g/mol. The van der Waals surface area contributed by atoms with Gasteiger partial charge >= 0.3 is 5.97 Å². The first-order valence-electron chi connectivity index (χ1n) is 14.8. The molecule has 0 aromatic rings. The minimum atomic E-state index is -1.24. The van der Waals surface area contributed by atoms with Crippen LogP contribution in [0, 0.1) is 23.7 Å². The molecule has 12 atom stereocenters. The topological polar surface area (TPSA) is 143 Å². The molecule has 3 N–H and O–H groups in total. The highest BCUT2D eigenvalue weighted by atomic mass is 16.7. The number of likely N-dealkylation sites (N-methyl/N-ethyl adjacent to an activating group) is 1. The third-order valence-electron chi connectivity index (χ3n) is 8.51. The summed E-state index contributed by atoms with van der Waals surface area (Å²) in [7, 11) is 3.46. The Morgan fingerprint density at radius 1 is 1.07 bits per heavy atom. The molecule has 0 aromatic carbocycles. The summed E-state index contributed by atoms with van der Waals surface area (Å²) in [5.74, 6) is -2.48. The van der Waals surface area contributed by atoms with Gasteiger partial charge in [-0.2, -0.15) is 0 Å². The zero-order valence-corrected chi connectivity index (χ0v) is 25.8. The van der Waals surface area contributed by atoms with Crippen LogP contribution >= 0.6 is 0 Å². The summed E-state index contributed by atoms with van der Waals surface area (Å²) in [5, 5.41) is 33.0. The number of ketones is 1. The second-order valence-corrected chi connectivity index (χ2v) is 12.1. The number of hydrogen-bond donors (Lipinski definition) is 3. The van der Waals surface area contributed by atoms with E-state index in [-0.39, 0.29) is 31.0 Å². The van der Waals surface area contributed by atoms with E-state index in [4.69, 9.17) is 14.2 Å². The summed E-state index contributed by atoms with van der Waals surface area (Å²) in [6.07, 6.45) is -0.0195. The van der Waals surface area contributed by atoms with Crippen molar-refractivity contribution in [1.29, 1.82) is 0 Å². The summed E-state index contributed by atoms with van der Waals surface area (Å²) in [4.78, 5) is 39.5. The lowest BCUT2D eigenvalue weighted by atomic mass is 9.79. The predicted molar refractivity (Wildman–Crippen MR) is 154 cm³/mol. The second-order valence-electron chi connectivity index (χ2n) is 12.1. The molecule has 1 unspecified atom stereocenters. The monoisotopic (exact) mass is 581 g/mol. The molecule has 2 rings (SSSR count). The van der Waals surface area contributed by atoms with Crippen LogP contribution in [0.1, 0.15) is 67.2 Å². The van der Waals surface area contributed by atoms with E-state index in [0.29, 0.717) is 6.42 Å². The molecule has 1 fully saturated rings. The van der Waals surface area contributed by atoms with Gasteiger partial charge < -0.3 is 39.2 Å². The molecule has 41 heavy (non-hydrogen) atoms. The highest BCUT2D eigenvalue weighted by Gasteiger charge is 2.47. The molecule has 2 heterocycles. The Labute approximate surface area is 244 Å². The van der Waals surface area contributed by atoms with Gasteiger partial charge in [0.2, 0.25) is 0 Å². The highest BCUT2D eigenvalue weighted by molar-refractivity contribution is 5.91. The number of esters is 1. The summed E-state index contributed by atoms with van der Waals surface area (Å²) in [6, 6.07) is -0.690. The van der Waals surface area contributed by atoms with Gasteiger partial charge in [0.05, 0.1) is 36.9 Å². The zero-order chi connectivity index (χ0) is 31.0. The lowest BCUT2D eigenvalue weighted by molar-refractivity contribution is -0.304. The number of aldehydes is 1. The maximum atomic E-state index is 13.1. The summed E-state index contributed by atoms with van der Waals surface area (Å²) < 4.78 is 18.0. The Hall–Kier alpha value is -1.95. The predicted octanol–water partition coefficient (Wildman–Crippen LogP) is 2.43. The molecule has 0 radical (unpaired) electrons. The van der Waals surface area contributed by atoms with E-state index in [9.17, 15) is 29.7 Å². The van der Waals surface area contributed by atoms with E-state index in [1.165, 1.54) is 6.08 Å². The van der Waals surface area contributed by atoms with Crippen molar-refractivity contribution >= 4 is 18.0 Å². The van der Waals surface area contributed by atoms with Crippen LogP contribution in [0.4, 0.5) is 0 Å². The van der Waals surface area contributed by atoms with Gasteiger partial charge in [0.25, 0.3) is 0 Å². The molecule has 0 aromatic heterocycles. The fourth-order valence-corrected chi connectivity index (χ4v) is 5.92. The number of carbonyl (C=O) groups excluding carboxylic acids is 3. The van der Waals surface area contributed by atoms with Gasteiger partial charge in [-0.1, -0.05) is 45.4 Å². The molecule has 2 aliphatic heterocycles. The van der Waals surface area contributed by atoms with Gasteiger partial charge in [0.1, 0.15) is 18.5 Å². The van der Waals surface area contributed by atoms with Crippen molar-refractivity contribution in [3.05, 3.63) is 23.8 Å². The van der Waals surface area contributed by atoms with Gasteiger partial charge in [-0.05, 0) is 52.8 Å². The van der Waals surface area contributed by atoms with Crippen LogP contribution in [0.25, 0.3) is 0 Å². The Morgan fingerprint density at radius 3 is 2.32 bits per heavy atom. The number of hydrogen-bond acceptors (Lipinski definition) is 10. The first kappa shape index (κ1) is 35.2. The standard InChI is InChI=1S/C31H51NO9/c1-9-25-19(4)14-17(2)10-11-23(34)18(3)15-22(12-13-33)30(20(5)24(35)16-26(36)40-25)41-31-29(38)27(32(7)8)28(37)21(6)39-31/h10-11,13-14,18-22,24-25,27-31,35,37-38H,9,12,15-16H2,1-8H3/b11-10+,17-14+/t18-,19+,20+,21-,22?,24-,25-,27+,28-,29-,30-,31+/m1/s1. The van der Waals surface area contributed by atoms with Gasteiger partial charge in [-0.3, -0.25) is 9.59 Å². The Bertz CT molecular complexity index is 935. The maximum Gasteiger partial charge on any atom is 0.308 e. The Kier molecular flexibility index (Phi) is 13.8. The third kappa shape index (κ3) is 9.53. The molecule has 0 bridgehead atoms. The lowest BCUT2D eigenvalue weighted by Gasteiger charge is -2.46. The van der Waals surface area contributed by atoms with E-state index in [1.807, 2.05) is 26.8 Å². The number of allylic oxidation sites excluding steroid dienone is 3. The van der Waals surface area contributed by atoms with Crippen molar-refractivity contribution in [3.8, 4) is 0 Å². The van der Waals surface area contributed by atoms with E-state index >= 15 is 0 Å². The average Bonchev–Trinajstić information content (AvgIpc) is 2.90. The van der Waals surface area contributed by atoms with Gasteiger partial charge in [-0.15, -0.1) is 0 Å². The highest BCUT2D eigenvalue weighted by Crippen LogP contribution is 2.34. The molecule has 2 aliphatic rings. The Morgan fingerprint density at radius 2 is 1.73 bits per heavy atom. The fraction of sp³-hybridized carbons (Fsp3) is 0.774. The van der Waals surface area contributed by atoms with Crippen molar-refractivity contribution in [2.24, 2.45) is 23.7 Å². The number of carbonyl (C=O) groups is 3. The van der Waals surface area contributed by atoms with E-state index in [1.54, 1.807) is 45.8 Å². The Balaban J connectivity index is 2.50. The van der Waals surface area contributed by atoms with Crippen molar-refractivity contribution in [2.75, 3.05) is 14.1 Å². The molecule has 10 heteroatoms. The largest absolute Gasteiger partial charge is 0.462 e. The molecule has 0 spiro atoms. The van der Waals surface area contributed by atoms with E-state index in [2.05, 4.69) is 0 Å². The fourth-order valence-electron chi connectivity index (χ4n) is 5.92. The molecule has 0 amide bonds. The number of nitrogens with zero attached hydrogens (tertiary/aromatic N) is 1. The van der Waals surface area contributed by atoms with Gasteiger partial charge in [-0.25, -0.2) is 0 Å². The molecule has 0 aliphatic carbocycles. The third-order valence-corrected chi connectivity index (χ3v) is 8.51. The van der Waals surface area contributed by atoms with Crippen LogP contribution in [-0.2, 0) is 28.6 Å². The molecule has 10 nitrogen and oxygen atoms in total. The SMILES string of the molecule is CC[C@H]1OC(=O)C[C@@H](O)[C@H](C)[C@@H](O[C@@H]2O[C@H](C)[C@@H](O)[C@H](N(C)C)[C@H]2O)C(CC=O)C[C@@H](C)C(=O)/C=C/C(C)=C/[C@@H]1C. The number of ether oxygens (including phenoxy) is 3. The van der Waals surface area contributed by atoms with Crippen molar-refractivity contribution < 1.29 is 43.9 Å². The van der Waals surface area contributed by atoms with Crippen LogP contribution in [0.15, 0.2) is 23.8 Å². The zero-order valence-electron chi connectivity index (χ0n) is 25.8. The van der Waals surface area contributed by atoms with Gasteiger partial charge in [0, 0.05) is 24.2 Å². The number of cyclic esters (lactones) is 1. The van der Waals surface area contributed by atoms with E-state index < -0.39 is 72.7 Å². The smallest absolute Gasteiger partial charge is 0.308 e. The maximum absolute atomic E-state index is 13.1. The molecule has 1 saturated heterocycles. The minimum Gasteiger partial charge on any atom is -0.462 e. The van der Waals surface area contributed by atoms with Crippen LogP contribution in [0.5, 0.6) is 0 Å². The summed E-state index contributed by atoms with van der Waals surface area (Å²) >= 11 is 0. The van der Waals surface area contributed by atoms with Crippen LogP contribution in [0.2, 0.25) is 0 Å². The number of aliphatic hydroxyl groups excluding tert-OH is 3. The molecular weight excluding hydrogens is 530 g/mol. The lowest BCUT2D eigenvalue weighted by Crippen LogP contribution is -2.63. The first-order valence-corrected chi connectivity index (χ1v) is 14.8. The number of rotatable bonds is 6. The van der Waals surface area contributed by atoms with Crippen LogP contribution < -0.4 is 0 Å². The van der Waals surface area contributed by atoms with Gasteiger partial charge in [0.15, 0.2) is 12.1 Å². The minimum absolute atomic E-state index is 0.0277. The number of aliphatic hydroxyl groups is 3. The molecular formula is C31H51NO9. The van der Waals surface area contributed by atoms with Crippen molar-refractivity contribution in [1.82, 2.24) is 4.90 Å². The normalized spacial score (nSPS) is 42.3. The van der Waals surface area contributed by atoms with Crippen molar-refractivity contribution in [2.45, 2.75) is 116 Å². The van der Waals surface area contributed by atoms with Crippen molar-refractivity contribution in [3.63, 3.8) is 0 Å². The van der Waals surface area contributed by atoms with Crippen LogP contribution in [0.3, 0.4) is 0 Å². The second kappa shape index (κ2) is 16.0. The van der Waals surface area contributed by atoms with Crippen LogP contribution in [-0.4, -0.2) is 101 Å². The molecule has 0 saturated carbocycles. The quantitative estimate of drug-likeness (QED) is 0.316. The summed E-state index contributed by atoms with van der Waals surface area (Å²) in [6.45, 7) is 10.9. The first-order chi connectivity index (χ1) is 19.2.